The molecule has 0 saturated carbocycles. The van der Waals surface area contributed by atoms with Gasteiger partial charge in [-0.2, -0.15) is 5.10 Å². The molecule has 0 radical (unpaired) electrons. The summed E-state index contributed by atoms with van der Waals surface area (Å²) in [5.41, 5.74) is 2.07. The zero-order chi connectivity index (χ0) is 10.8. The normalized spacial score (nSPS) is 21.1. The van der Waals surface area contributed by atoms with Crippen molar-refractivity contribution in [2.45, 2.75) is 6.23 Å². The summed E-state index contributed by atoms with van der Waals surface area (Å²) in [5, 5.41) is 10.9. The summed E-state index contributed by atoms with van der Waals surface area (Å²) >= 11 is 0. The number of fused-ring (bicyclic) bond motifs is 1. The van der Waals surface area contributed by atoms with Gasteiger partial charge in [-0.05, 0) is 12.1 Å². The Bertz CT molecular complexity index is 476. The van der Waals surface area contributed by atoms with Crippen molar-refractivity contribution in [2.24, 2.45) is 0 Å². The zero-order valence-electron chi connectivity index (χ0n) is 8.89. The fraction of sp³-hybridized carbons (Fsp3) is 0.364. The third-order valence-corrected chi connectivity index (χ3v) is 2.67. The number of nitrogens with one attached hydrogen (secondary N) is 2. The van der Waals surface area contributed by atoms with Gasteiger partial charge in [0.25, 0.3) is 0 Å². The van der Waals surface area contributed by atoms with Gasteiger partial charge in [-0.1, -0.05) is 6.07 Å². The van der Waals surface area contributed by atoms with Crippen LogP contribution in [0, 0.1) is 0 Å². The van der Waals surface area contributed by atoms with Crippen LogP contribution in [0.1, 0.15) is 0 Å². The largest absolute Gasteiger partial charge is 0.356 e. The van der Waals surface area contributed by atoms with E-state index in [1.807, 2.05) is 35.1 Å². The molecule has 0 aliphatic carbocycles. The van der Waals surface area contributed by atoms with E-state index in [-0.39, 0.29) is 6.23 Å². The predicted molar refractivity (Wildman–Crippen MR) is 61.4 cm³/mol. The molecule has 1 unspecified atom stereocenters. The number of ether oxygens (including phenoxy) is 1. The quantitative estimate of drug-likeness (QED) is 0.778. The van der Waals surface area contributed by atoms with Crippen molar-refractivity contribution in [1.29, 1.82) is 0 Å². The molecule has 1 atom stereocenters. The van der Waals surface area contributed by atoms with Crippen LogP contribution in [0.4, 0.5) is 5.69 Å². The lowest BCUT2D eigenvalue weighted by atomic mass is 10.3. The Morgan fingerprint density at radius 1 is 1.50 bits per heavy atom. The summed E-state index contributed by atoms with van der Waals surface area (Å²) in [4.78, 5) is 0. The molecule has 0 spiro atoms. The average molecular weight is 218 g/mol. The minimum absolute atomic E-state index is 0.0296. The smallest absolute Gasteiger partial charge is 0.140 e. The molecule has 5 nitrogen and oxygen atoms in total. The lowest BCUT2D eigenvalue weighted by molar-refractivity contribution is 0.0469. The van der Waals surface area contributed by atoms with E-state index in [9.17, 15) is 0 Å². The molecule has 3 rings (SSSR count). The Morgan fingerprint density at radius 2 is 2.50 bits per heavy atom. The first-order valence-corrected chi connectivity index (χ1v) is 5.45. The number of morpholine rings is 1. The van der Waals surface area contributed by atoms with E-state index in [0.717, 1.165) is 30.9 Å². The Kier molecular flexibility index (Phi) is 2.47. The van der Waals surface area contributed by atoms with Crippen molar-refractivity contribution in [3.05, 3.63) is 30.6 Å². The second-order valence-electron chi connectivity index (χ2n) is 3.80. The molecule has 2 N–H and O–H groups in total. The SMILES string of the molecule is c1ccn2ncc(NC3CNCCO3)c2c1. The fourth-order valence-corrected chi connectivity index (χ4v) is 1.88. The number of anilines is 1. The third kappa shape index (κ3) is 1.75. The molecule has 3 heterocycles. The lowest BCUT2D eigenvalue weighted by Crippen LogP contribution is -2.42. The zero-order valence-corrected chi connectivity index (χ0v) is 8.89. The van der Waals surface area contributed by atoms with Gasteiger partial charge in [0.15, 0.2) is 0 Å². The van der Waals surface area contributed by atoms with Gasteiger partial charge in [0, 0.05) is 19.3 Å². The van der Waals surface area contributed by atoms with Crippen molar-refractivity contribution in [1.82, 2.24) is 14.9 Å². The van der Waals surface area contributed by atoms with Crippen molar-refractivity contribution in [3.8, 4) is 0 Å². The van der Waals surface area contributed by atoms with Crippen LogP contribution in [-0.2, 0) is 4.74 Å². The third-order valence-electron chi connectivity index (χ3n) is 2.67. The van der Waals surface area contributed by atoms with E-state index in [1.54, 1.807) is 0 Å². The van der Waals surface area contributed by atoms with Gasteiger partial charge < -0.3 is 15.4 Å². The maximum absolute atomic E-state index is 5.59. The molecule has 0 amide bonds. The molecular formula is C11H14N4O. The summed E-state index contributed by atoms with van der Waals surface area (Å²) < 4.78 is 7.44. The van der Waals surface area contributed by atoms with Crippen molar-refractivity contribution >= 4 is 11.2 Å². The van der Waals surface area contributed by atoms with Gasteiger partial charge in [-0.15, -0.1) is 0 Å². The molecule has 84 valence electrons. The number of rotatable bonds is 2. The molecule has 2 aromatic heterocycles. The van der Waals surface area contributed by atoms with Gasteiger partial charge in [0.1, 0.15) is 6.23 Å². The first kappa shape index (κ1) is 9.62. The van der Waals surface area contributed by atoms with Crippen LogP contribution in [0.15, 0.2) is 30.6 Å². The number of nitrogens with zero attached hydrogens (tertiary/aromatic N) is 2. The summed E-state index contributed by atoms with van der Waals surface area (Å²) in [7, 11) is 0. The van der Waals surface area contributed by atoms with Crippen LogP contribution in [0.25, 0.3) is 5.52 Å². The van der Waals surface area contributed by atoms with Gasteiger partial charge in [-0.3, -0.25) is 0 Å². The van der Waals surface area contributed by atoms with Gasteiger partial charge in [0.05, 0.1) is 24.0 Å². The predicted octanol–water partition coefficient (Wildman–Crippen LogP) is 0.692. The standard InChI is InChI=1S/C11H14N4O/c1-2-5-15-10(3-1)9(7-13-15)14-11-8-12-4-6-16-11/h1-3,5,7,11-12,14H,4,6,8H2. The summed E-state index contributed by atoms with van der Waals surface area (Å²) in [6.45, 7) is 2.49. The molecule has 1 saturated heterocycles. The summed E-state index contributed by atoms with van der Waals surface area (Å²) in [6.07, 6.45) is 3.79. The Balaban J connectivity index is 1.83. The molecule has 1 aliphatic heterocycles. The minimum atomic E-state index is 0.0296. The fourth-order valence-electron chi connectivity index (χ4n) is 1.88. The van der Waals surface area contributed by atoms with Gasteiger partial charge in [0.2, 0.25) is 0 Å². The summed E-state index contributed by atoms with van der Waals surface area (Å²) in [6, 6.07) is 6.00. The topological polar surface area (TPSA) is 50.6 Å². The Morgan fingerprint density at radius 3 is 3.38 bits per heavy atom. The molecule has 2 aromatic rings. The highest BCUT2D eigenvalue weighted by molar-refractivity contribution is 5.71. The molecule has 0 bridgehead atoms. The number of hydrogen-bond donors (Lipinski definition) is 2. The first-order valence-electron chi connectivity index (χ1n) is 5.45. The van der Waals surface area contributed by atoms with Gasteiger partial charge in [-0.25, -0.2) is 4.52 Å². The van der Waals surface area contributed by atoms with Crippen LogP contribution in [0.5, 0.6) is 0 Å². The van der Waals surface area contributed by atoms with Crippen molar-refractivity contribution in [3.63, 3.8) is 0 Å². The molecule has 5 heteroatoms. The molecule has 1 fully saturated rings. The van der Waals surface area contributed by atoms with E-state index < -0.39 is 0 Å². The molecule has 1 aliphatic rings. The first-order chi connectivity index (χ1) is 7.93. The Hall–Kier alpha value is -1.59. The van der Waals surface area contributed by atoms with Crippen molar-refractivity contribution < 1.29 is 4.74 Å². The molecule has 0 aromatic carbocycles. The average Bonchev–Trinajstić information content (AvgIpc) is 2.74. The van der Waals surface area contributed by atoms with E-state index in [1.165, 1.54) is 0 Å². The van der Waals surface area contributed by atoms with Gasteiger partial charge >= 0.3 is 0 Å². The van der Waals surface area contributed by atoms with Crippen LogP contribution >= 0.6 is 0 Å². The molecule has 16 heavy (non-hydrogen) atoms. The highest BCUT2D eigenvalue weighted by Gasteiger charge is 2.14. The maximum atomic E-state index is 5.59. The van der Waals surface area contributed by atoms with Crippen LogP contribution < -0.4 is 10.6 Å². The van der Waals surface area contributed by atoms with Crippen LogP contribution in [0.2, 0.25) is 0 Å². The van der Waals surface area contributed by atoms with Crippen molar-refractivity contribution in [2.75, 3.05) is 25.0 Å². The van der Waals surface area contributed by atoms with Crippen LogP contribution in [-0.4, -0.2) is 35.5 Å². The maximum Gasteiger partial charge on any atom is 0.140 e. The summed E-state index contributed by atoms with van der Waals surface area (Å²) in [5.74, 6) is 0. The Labute approximate surface area is 93.4 Å². The number of aromatic nitrogens is 2. The number of pyridine rings is 1. The van der Waals surface area contributed by atoms with E-state index in [2.05, 4.69) is 15.7 Å². The van der Waals surface area contributed by atoms with Crippen LogP contribution in [0.3, 0.4) is 0 Å². The van der Waals surface area contributed by atoms with E-state index >= 15 is 0 Å². The lowest BCUT2D eigenvalue weighted by Gasteiger charge is -2.24. The molecular weight excluding hydrogens is 204 g/mol. The number of hydrogen-bond acceptors (Lipinski definition) is 4. The minimum Gasteiger partial charge on any atom is -0.356 e. The van der Waals surface area contributed by atoms with E-state index in [4.69, 9.17) is 4.74 Å². The second kappa shape index (κ2) is 4.11. The highest BCUT2D eigenvalue weighted by Crippen LogP contribution is 2.17. The monoisotopic (exact) mass is 218 g/mol. The second-order valence-corrected chi connectivity index (χ2v) is 3.80. The highest BCUT2D eigenvalue weighted by atomic mass is 16.5. The van der Waals surface area contributed by atoms with E-state index in [0.29, 0.717) is 0 Å².